The summed E-state index contributed by atoms with van der Waals surface area (Å²) in [5.41, 5.74) is 2.89. The summed E-state index contributed by atoms with van der Waals surface area (Å²) in [7, 11) is 1.89. The molecular formula is C18H20N6O. The molecule has 0 saturated heterocycles. The molecule has 0 spiro atoms. The summed E-state index contributed by atoms with van der Waals surface area (Å²) in [5, 5.41) is 13.1. The molecule has 3 aromatic rings. The summed E-state index contributed by atoms with van der Waals surface area (Å²) in [4.78, 5) is 14.7. The Morgan fingerprint density at radius 2 is 1.96 bits per heavy atom. The zero-order chi connectivity index (χ0) is 17.6. The summed E-state index contributed by atoms with van der Waals surface area (Å²) in [6.07, 6.45) is 0. The molecule has 3 heterocycles. The molecule has 1 aromatic carbocycles. The van der Waals surface area contributed by atoms with Crippen LogP contribution in [0.2, 0.25) is 0 Å². The second-order valence-corrected chi connectivity index (χ2v) is 6.46. The van der Waals surface area contributed by atoms with E-state index >= 15 is 0 Å². The Balaban J connectivity index is 1.67. The predicted octanol–water partition coefficient (Wildman–Crippen LogP) is 2.09. The smallest absolute Gasteiger partial charge is 0.246 e. The number of hydrogen-bond acceptors (Lipinski definition) is 4. The van der Waals surface area contributed by atoms with E-state index in [0.717, 1.165) is 22.8 Å². The predicted molar refractivity (Wildman–Crippen MR) is 92.4 cm³/mol. The molecule has 7 heteroatoms. The van der Waals surface area contributed by atoms with Gasteiger partial charge in [0.05, 0.1) is 6.54 Å². The number of carbonyl (C=O) groups is 1. The summed E-state index contributed by atoms with van der Waals surface area (Å²) in [6.45, 7) is 4.91. The van der Waals surface area contributed by atoms with Crippen molar-refractivity contribution in [2.75, 3.05) is 0 Å². The quantitative estimate of drug-likeness (QED) is 0.734. The number of carbonyl (C=O) groups excluding carboxylic acids is 1. The zero-order valence-corrected chi connectivity index (χ0v) is 14.5. The minimum absolute atomic E-state index is 0.0741. The van der Waals surface area contributed by atoms with E-state index in [0.29, 0.717) is 18.9 Å². The minimum atomic E-state index is -0.347. The van der Waals surface area contributed by atoms with Crippen molar-refractivity contribution in [3.63, 3.8) is 0 Å². The van der Waals surface area contributed by atoms with Crippen LogP contribution in [0.15, 0.2) is 36.4 Å². The van der Waals surface area contributed by atoms with Crippen LogP contribution in [0.5, 0.6) is 0 Å². The summed E-state index contributed by atoms with van der Waals surface area (Å²) in [5.74, 6) is 1.52. The standard InChI is InChI=1S/C18H20N6O/c1-12-9-15(21-22(12)3)17-20-19-16-11-23(18(25)13(2)24(16)17)10-14-7-5-4-6-8-14/h4-9,13H,10-11H2,1-3H3/t13-/m0/s1. The molecule has 0 saturated carbocycles. The average Bonchev–Trinajstić information content (AvgIpc) is 3.17. The van der Waals surface area contributed by atoms with Gasteiger partial charge in [0.2, 0.25) is 5.91 Å². The lowest BCUT2D eigenvalue weighted by molar-refractivity contribution is -0.137. The molecule has 0 bridgehead atoms. The van der Waals surface area contributed by atoms with Crippen LogP contribution in [-0.4, -0.2) is 35.4 Å². The van der Waals surface area contributed by atoms with E-state index in [9.17, 15) is 4.79 Å². The average molecular weight is 336 g/mol. The molecule has 0 aliphatic carbocycles. The molecule has 128 valence electrons. The highest BCUT2D eigenvalue weighted by atomic mass is 16.2. The van der Waals surface area contributed by atoms with Crippen LogP contribution >= 0.6 is 0 Å². The van der Waals surface area contributed by atoms with Gasteiger partial charge in [0.1, 0.15) is 11.7 Å². The van der Waals surface area contributed by atoms with Crippen LogP contribution < -0.4 is 0 Å². The first-order valence-corrected chi connectivity index (χ1v) is 8.32. The summed E-state index contributed by atoms with van der Waals surface area (Å²) in [6, 6.07) is 11.6. The second-order valence-electron chi connectivity index (χ2n) is 6.46. The van der Waals surface area contributed by atoms with Crippen molar-refractivity contribution in [3.05, 3.63) is 53.5 Å². The molecule has 0 unspecified atom stereocenters. The molecule has 25 heavy (non-hydrogen) atoms. The van der Waals surface area contributed by atoms with Crippen molar-refractivity contribution in [1.29, 1.82) is 0 Å². The number of nitrogens with zero attached hydrogens (tertiary/aromatic N) is 6. The maximum absolute atomic E-state index is 12.9. The molecule has 4 rings (SSSR count). The Labute approximate surface area is 145 Å². The first kappa shape index (κ1) is 15.6. The largest absolute Gasteiger partial charge is 0.329 e. The highest BCUT2D eigenvalue weighted by Crippen LogP contribution is 2.28. The van der Waals surface area contributed by atoms with E-state index in [4.69, 9.17) is 0 Å². The monoisotopic (exact) mass is 336 g/mol. The Morgan fingerprint density at radius 1 is 1.20 bits per heavy atom. The summed E-state index contributed by atoms with van der Waals surface area (Å²) >= 11 is 0. The molecule has 7 nitrogen and oxygen atoms in total. The molecule has 1 atom stereocenters. The van der Waals surface area contributed by atoms with Gasteiger partial charge in [-0.05, 0) is 25.5 Å². The van der Waals surface area contributed by atoms with Crippen molar-refractivity contribution in [2.24, 2.45) is 7.05 Å². The number of amides is 1. The number of fused-ring (bicyclic) bond motifs is 1. The van der Waals surface area contributed by atoms with Gasteiger partial charge in [0.25, 0.3) is 0 Å². The molecule has 2 aromatic heterocycles. The van der Waals surface area contributed by atoms with Crippen LogP contribution in [0, 0.1) is 6.92 Å². The van der Waals surface area contributed by atoms with E-state index in [-0.39, 0.29) is 11.9 Å². The van der Waals surface area contributed by atoms with E-state index in [1.54, 1.807) is 4.68 Å². The van der Waals surface area contributed by atoms with E-state index in [1.807, 2.05) is 66.8 Å². The van der Waals surface area contributed by atoms with Crippen molar-refractivity contribution in [1.82, 2.24) is 29.4 Å². The van der Waals surface area contributed by atoms with Crippen LogP contribution in [0.3, 0.4) is 0 Å². The van der Waals surface area contributed by atoms with Gasteiger partial charge in [-0.2, -0.15) is 5.10 Å². The van der Waals surface area contributed by atoms with Gasteiger partial charge < -0.3 is 4.90 Å². The van der Waals surface area contributed by atoms with Crippen LogP contribution in [0.25, 0.3) is 11.5 Å². The second kappa shape index (κ2) is 5.84. The van der Waals surface area contributed by atoms with E-state index < -0.39 is 0 Å². The van der Waals surface area contributed by atoms with Gasteiger partial charge in [-0.1, -0.05) is 30.3 Å². The first-order chi connectivity index (χ1) is 12.0. The third kappa shape index (κ3) is 2.61. The molecule has 1 aliphatic heterocycles. The van der Waals surface area contributed by atoms with Crippen LogP contribution in [0.1, 0.15) is 30.0 Å². The highest BCUT2D eigenvalue weighted by Gasteiger charge is 2.34. The van der Waals surface area contributed by atoms with Crippen LogP contribution in [-0.2, 0) is 24.9 Å². The van der Waals surface area contributed by atoms with Gasteiger partial charge in [-0.15, -0.1) is 10.2 Å². The normalized spacial score (nSPS) is 17.0. The lowest BCUT2D eigenvalue weighted by atomic mass is 10.1. The first-order valence-electron chi connectivity index (χ1n) is 8.32. The number of rotatable bonds is 3. The Bertz CT molecular complexity index is 907. The van der Waals surface area contributed by atoms with Gasteiger partial charge in [0, 0.05) is 19.3 Å². The third-order valence-electron chi connectivity index (χ3n) is 4.71. The minimum Gasteiger partial charge on any atom is -0.329 e. The topological polar surface area (TPSA) is 68.8 Å². The maximum atomic E-state index is 12.9. The lowest BCUT2D eigenvalue weighted by Crippen LogP contribution is -2.41. The van der Waals surface area contributed by atoms with Crippen molar-refractivity contribution in [2.45, 2.75) is 33.0 Å². The van der Waals surface area contributed by atoms with Crippen molar-refractivity contribution >= 4 is 5.91 Å². The van der Waals surface area contributed by atoms with Gasteiger partial charge in [0.15, 0.2) is 11.6 Å². The van der Waals surface area contributed by atoms with Crippen molar-refractivity contribution < 1.29 is 4.79 Å². The molecule has 0 N–H and O–H groups in total. The number of aromatic nitrogens is 5. The summed E-state index contributed by atoms with van der Waals surface area (Å²) < 4.78 is 3.71. The number of benzene rings is 1. The van der Waals surface area contributed by atoms with Crippen LogP contribution in [0.4, 0.5) is 0 Å². The van der Waals surface area contributed by atoms with Crippen molar-refractivity contribution in [3.8, 4) is 11.5 Å². The molecule has 0 fully saturated rings. The van der Waals surface area contributed by atoms with E-state index in [2.05, 4.69) is 15.3 Å². The molecule has 1 aliphatic rings. The highest BCUT2D eigenvalue weighted by molar-refractivity contribution is 5.81. The molecule has 1 amide bonds. The van der Waals surface area contributed by atoms with Gasteiger partial charge in [-0.25, -0.2) is 0 Å². The third-order valence-corrected chi connectivity index (χ3v) is 4.71. The molecular weight excluding hydrogens is 316 g/mol. The van der Waals surface area contributed by atoms with Gasteiger partial charge >= 0.3 is 0 Å². The fraction of sp³-hybridized carbons (Fsp3) is 0.333. The zero-order valence-electron chi connectivity index (χ0n) is 14.5. The number of aryl methyl sites for hydroxylation is 2. The Hall–Kier alpha value is -2.96. The molecule has 0 radical (unpaired) electrons. The SMILES string of the molecule is Cc1cc(-c2nnc3n2[C@@H](C)C(=O)N(Cc2ccccc2)C3)nn1C. The fourth-order valence-electron chi connectivity index (χ4n) is 3.24. The Morgan fingerprint density at radius 3 is 2.64 bits per heavy atom. The maximum Gasteiger partial charge on any atom is 0.246 e. The van der Waals surface area contributed by atoms with Gasteiger partial charge in [-0.3, -0.25) is 14.0 Å². The Kier molecular flexibility index (Phi) is 3.63. The van der Waals surface area contributed by atoms with E-state index in [1.165, 1.54) is 0 Å². The lowest BCUT2D eigenvalue weighted by Gasteiger charge is -2.32. The number of hydrogen-bond donors (Lipinski definition) is 0. The fourth-order valence-corrected chi connectivity index (χ4v) is 3.24.